The summed E-state index contributed by atoms with van der Waals surface area (Å²) in [6, 6.07) is 9.06. The normalized spacial score (nSPS) is 19.2. The lowest BCUT2D eigenvalue weighted by Crippen LogP contribution is -2.74. The van der Waals surface area contributed by atoms with Gasteiger partial charge in [0.15, 0.2) is 6.04 Å². The summed E-state index contributed by atoms with van der Waals surface area (Å²) in [6.45, 7) is 4.57. The Bertz CT molecular complexity index is 1810. The first-order valence-electron chi connectivity index (χ1n) is 14.8. The highest BCUT2D eigenvalue weighted by atomic mass is 35.5. The molecule has 13 nitrogen and oxygen atoms in total. The van der Waals surface area contributed by atoms with Gasteiger partial charge in [-0.2, -0.15) is 0 Å². The Kier molecular flexibility index (Phi) is 11.0. The predicted molar refractivity (Wildman–Crippen MR) is 174 cm³/mol. The monoisotopic (exact) mass is 684 g/mol. The van der Waals surface area contributed by atoms with Crippen LogP contribution in [0.1, 0.15) is 18.9 Å². The van der Waals surface area contributed by atoms with E-state index in [1.807, 2.05) is 19.9 Å². The molecule has 5 rings (SSSR count). The molecule has 0 radical (unpaired) electrons. The minimum Gasteiger partial charge on any atom is -0.614 e. The Labute approximate surface area is 277 Å². The lowest BCUT2D eigenvalue weighted by molar-refractivity contribution is -0.151. The highest BCUT2D eigenvalue weighted by Crippen LogP contribution is 2.37. The number of allylic oxidation sites excluding steroid dienone is 1. The van der Waals surface area contributed by atoms with Crippen molar-refractivity contribution in [1.82, 2.24) is 20.2 Å². The number of aromatic amines is 1. The number of carboxylic acid groups (broad SMARTS) is 1. The van der Waals surface area contributed by atoms with Crippen molar-refractivity contribution in [3.8, 4) is 17.1 Å². The maximum Gasteiger partial charge on any atom is 0.353 e. The first-order chi connectivity index (χ1) is 22.6. The largest absolute Gasteiger partial charge is 0.614 e. The van der Waals surface area contributed by atoms with Crippen LogP contribution in [0.2, 0.25) is 5.02 Å². The number of hydrogen-bond acceptors (Lipinski definition) is 9. The number of nitrogens with zero attached hydrogens (tertiary/aromatic N) is 2. The minimum atomic E-state index is -1.70. The summed E-state index contributed by atoms with van der Waals surface area (Å²) in [7, 11) is 0. The lowest BCUT2D eigenvalue weighted by Gasteiger charge is -2.48. The van der Waals surface area contributed by atoms with Crippen LogP contribution in [-0.4, -0.2) is 92.5 Å². The van der Waals surface area contributed by atoms with Crippen molar-refractivity contribution in [2.75, 3.05) is 38.8 Å². The van der Waals surface area contributed by atoms with Gasteiger partial charge in [0, 0.05) is 17.2 Å². The summed E-state index contributed by atoms with van der Waals surface area (Å²) < 4.78 is 29.6. The zero-order chi connectivity index (χ0) is 33.7. The molecule has 2 aliphatic heterocycles. The molecular formula is C32H33ClN4O9S. The number of carboxylic acids is 1. The topological polar surface area (TPSA) is 183 Å². The fraction of sp³-hybridized carbons (Fsp3) is 0.344. The van der Waals surface area contributed by atoms with Crippen LogP contribution in [0.4, 0.5) is 0 Å². The Morgan fingerprint density at radius 1 is 1.19 bits per heavy atom. The summed E-state index contributed by atoms with van der Waals surface area (Å²) in [5, 5.41) is 12.3. The van der Waals surface area contributed by atoms with E-state index in [4.69, 9.17) is 25.8 Å². The zero-order valence-electron chi connectivity index (χ0n) is 25.6. The quantitative estimate of drug-likeness (QED) is 0.130. The third kappa shape index (κ3) is 7.68. The molecule has 0 bridgehead atoms. The molecule has 47 heavy (non-hydrogen) atoms. The van der Waals surface area contributed by atoms with Crippen molar-refractivity contribution in [3.63, 3.8) is 0 Å². The lowest BCUT2D eigenvalue weighted by atomic mass is 10.0. The van der Waals surface area contributed by atoms with Gasteiger partial charge in [-0.05, 0) is 60.9 Å². The van der Waals surface area contributed by atoms with Gasteiger partial charge in [0.25, 0.3) is 11.5 Å². The van der Waals surface area contributed by atoms with Gasteiger partial charge in [-0.25, -0.2) is 9.78 Å². The number of carbonyl (C=O) groups excluding carboxylic acids is 2. The van der Waals surface area contributed by atoms with Crippen LogP contribution in [0, 0.1) is 6.92 Å². The van der Waals surface area contributed by atoms with Crippen LogP contribution >= 0.6 is 11.6 Å². The van der Waals surface area contributed by atoms with E-state index < -0.39 is 40.4 Å². The highest BCUT2D eigenvalue weighted by Gasteiger charge is 2.60. The molecule has 2 amide bonds. The molecule has 2 aliphatic rings. The minimum absolute atomic E-state index is 0.0474. The van der Waals surface area contributed by atoms with E-state index in [2.05, 4.69) is 15.3 Å². The summed E-state index contributed by atoms with van der Waals surface area (Å²) in [4.78, 5) is 58.6. The Balaban J connectivity index is 1.26. The molecular weight excluding hydrogens is 652 g/mol. The number of benzene rings is 2. The number of aliphatic carboxylic acids is 1. The number of β-lactam (4-membered cyclic amide) rings is 1. The number of halogens is 1. The van der Waals surface area contributed by atoms with E-state index in [-0.39, 0.29) is 48.2 Å². The van der Waals surface area contributed by atoms with Gasteiger partial charge in [-0.1, -0.05) is 36.2 Å². The van der Waals surface area contributed by atoms with Gasteiger partial charge < -0.3 is 34.2 Å². The average Bonchev–Trinajstić information content (AvgIpc) is 3.04. The second-order valence-corrected chi connectivity index (χ2v) is 12.8. The zero-order valence-corrected chi connectivity index (χ0v) is 27.2. The highest BCUT2D eigenvalue weighted by molar-refractivity contribution is 7.92. The van der Waals surface area contributed by atoms with Crippen molar-refractivity contribution in [2.24, 2.45) is 0 Å². The number of amides is 2. The van der Waals surface area contributed by atoms with Crippen LogP contribution < -0.4 is 15.6 Å². The van der Waals surface area contributed by atoms with Crippen LogP contribution in [0.3, 0.4) is 0 Å². The van der Waals surface area contributed by atoms with Crippen molar-refractivity contribution in [3.05, 3.63) is 80.8 Å². The number of hydrogen-bond donors (Lipinski definition) is 3. The molecule has 1 fully saturated rings. The van der Waals surface area contributed by atoms with E-state index in [1.165, 1.54) is 12.2 Å². The van der Waals surface area contributed by atoms with E-state index in [9.17, 15) is 28.8 Å². The molecule has 3 atom stereocenters. The van der Waals surface area contributed by atoms with Crippen molar-refractivity contribution in [1.29, 1.82) is 0 Å². The molecule has 248 valence electrons. The molecule has 2 unspecified atom stereocenters. The van der Waals surface area contributed by atoms with Gasteiger partial charge in [0.05, 0.1) is 29.7 Å². The molecule has 1 aromatic heterocycles. The van der Waals surface area contributed by atoms with Crippen molar-refractivity contribution >= 4 is 51.5 Å². The third-order valence-electron chi connectivity index (χ3n) is 7.34. The maximum absolute atomic E-state index is 13.1. The summed E-state index contributed by atoms with van der Waals surface area (Å²) in [6.07, 6.45) is 3.83. The van der Waals surface area contributed by atoms with E-state index >= 15 is 0 Å². The molecule has 15 heteroatoms. The van der Waals surface area contributed by atoms with E-state index in [1.54, 1.807) is 30.3 Å². The number of H-pyrrole nitrogens is 1. The molecule has 0 spiro atoms. The Hall–Kier alpha value is -4.21. The number of fused-ring (bicyclic) bond motifs is 2. The van der Waals surface area contributed by atoms with Gasteiger partial charge in [-0.3, -0.25) is 19.3 Å². The van der Waals surface area contributed by atoms with Gasteiger partial charge in [0.2, 0.25) is 11.3 Å². The number of ether oxygens (including phenoxy) is 3. The second kappa shape index (κ2) is 15.1. The Morgan fingerprint density at radius 3 is 2.74 bits per heavy atom. The summed E-state index contributed by atoms with van der Waals surface area (Å²) >= 11 is 4.54. The number of aryl methyl sites for hydroxylation is 1. The molecule has 0 aliphatic carbocycles. The summed E-state index contributed by atoms with van der Waals surface area (Å²) in [5.41, 5.74) is 1.39. The van der Waals surface area contributed by atoms with Gasteiger partial charge in [0.1, 0.15) is 36.2 Å². The number of carbonyl (C=O) groups is 3. The van der Waals surface area contributed by atoms with Crippen molar-refractivity contribution < 1.29 is 38.3 Å². The molecule has 2 aromatic carbocycles. The number of aromatic nitrogens is 2. The summed E-state index contributed by atoms with van der Waals surface area (Å²) in [5.74, 6) is -2.19. The average molecular weight is 685 g/mol. The number of nitrogens with one attached hydrogen (secondary N) is 2. The standard InChI is InChI=1S/C32H33ClN4O9S/c1-3-10-44-12-13-45-16-25(38)35-26-30(40)37-27(32(41)42)19(17-47(43)31(26)37)5-4-11-46-24-9-7-20(33)15-22(24)28-34-23-8-6-18(2)14-21(23)29(39)36-28/h4-9,14-15,26,31H,3,10-13,16-17H2,1-2H3,(H,35,38)(H,41,42)(H,34,36,39)/b5-4+/t26-,31?,47?/m1/s1. The molecule has 1 saturated heterocycles. The van der Waals surface area contributed by atoms with Crippen molar-refractivity contribution in [2.45, 2.75) is 31.7 Å². The first kappa shape index (κ1) is 34.1. The van der Waals surface area contributed by atoms with Crippen LogP contribution in [0.15, 0.2) is 64.6 Å². The van der Waals surface area contributed by atoms with Crippen LogP contribution in [0.25, 0.3) is 22.3 Å². The first-order valence-corrected chi connectivity index (χ1v) is 16.6. The molecule has 0 saturated carbocycles. The molecule has 3 aromatic rings. The van der Waals surface area contributed by atoms with Gasteiger partial charge in [-0.15, -0.1) is 0 Å². The third-order valence-corrected chi connectivity index (χ3v) is 9.19. The smallest absolute Gasteiger partial charge is 0.353 e. The fourth-order valence-corrected chi connectivity index (χ4v) is 7.01. The molecule has 3 heterocycles. The fourth-order valence-electron chi connectivity index (χ4n) is 5.20. The Morgan fingerprint density at radius 2 is 1.98 bits per heavy atom. The van der Waals surface area contributed by atoms with Crippen LogP contribution in [-0.2, 0) is 35.0 Å². The van der Waals surface area contributed by atoms with E-state index in [0.717, 1.165) is 16.9 Å². The SMILES string of the molecule is CCCOCCOCC(=O)N[C@@H]1C(=O)N2C(C(=O)O)=C(/C=C/COc3ccc(Cl)cc3-c3nc4ccc(C)cc4c(=O)[nH]3)C[S+]([O-])C12. The second-order valence-electron chi connectivity index (χ2n) is 10.8. The maximum atomic E-state index is 13.1. The number of rotatable bonds is 14. The van der Waals surface area contributed by atoms with Crippen LogP contribution in [0.5, 0.6) is 5.75 Å². The van der Waals surface area contributed by atoms with E-state index in [0.29, 0.717) is 40.5 Å². The molecule has 3 N–H and O–H groups in total. The van der Waals surface area contributed by atoms with Gasteiger partial charge >= 0.3 is 5.97 Å². The predicted octanol–water partition coefficient (Wildman–Crippen LogP) is 2.68.